The van der Waals surface area contributed by atoms with Gasteiger partial charge in [0, 0.05) is 18.2 Å². The lowest BCUT2D eigenvalue weighted by Gasteiger charge is -2.24. The van der Waals surface area contributed by atoms with E-state index in [1.165, 1.54) is 11.0 Å². The fourth-order valence-corrected chi connectivity index (χ4v) is 2.09. The van der Waals surface area contributed by atoms with E-state index in [1.54, 1.807) is 6.08 Å². The molecule has 0 spiro atoms. The molecule has 0 heterocycles. The first kappa shape index (κ1) is 19.7. The molecular formula is C19H28N2O3. The number of likely N-dealkylation sites (N-methyl/N-ethyl adjacent to an activating group) is 1. The van der Waals surface area contributed by atoms with Crippen molar-refractivity contribution in [1.29, 1.82) is 0 Å². The van der Waals surface area contributed by atoms with Crippen molar-refractivity contribution in [2.45, 2.75) is 40.2 Å². The molecule has 0 aliphatic carbocycles. The molecule has 132 valence electrons. The summed E-state index contributed by atoms with van der Waals surface area (Å²) in [5.74, 6) is 0.456. The highest BCUT2D eigenvalue weighted by molar-refractivity contribution is 5.94. The Morgan fingerprint density at radius 1 is 1.17 bits per heavy atom. The molecular weight excluding hydrogens is 304 g/mol. The van der Waals surface area contributed by atoms with Crippen molar-refractivity contribution in [1.82, 2.24) is 10.2 Å². The second-order valence-corrected chi connectivity index (χ2v) is 6.49. The van der Waals surface area contributed by atoms with Crippen LogP contribution in [0.4, 0.5) is 0 Å². The molecule has 1 aromatic carbocycles. The Morgan fingerprint density at radius 3 is 2.29 bits per heavy atom. The van der Waals surface area contributed by atoms with Crippen LogP contribution in [0.1, 0.15) is 40.2 Å². The molecule has 0 saturated heterocycles. The first-order chi connectivity index (χ1) is 11.2. The van der Waals surface area contributed by atoms with Gasteiger partial charge >= 0.3 is 0 Å². The summed E-state index contributed by atoms with van der Waals surface area (Å²) in [4.78, 5) is 25.7. The highest BCUT2D eigenvalue weighted by atomic mass is 16.5. The third-order valence-electron chi connectivity index (χ3n) is 3.15. The van der Waals surface area contributed by atoms with E-state index in [0.717, 1.165) is 11.3 Å². The molecule has 24 heavy (non-hydrogen) atoms. The van der Waals surface area contributed by atoms with Crippen molar-refractivity contribution in [2.24, 2.45) is 0 Å². The highest BCUT2D eigenvalue weighted by Crippen LogP contribution is 2.13. The van der Waals surface area contributed by atoms with Gasteiger partial charge < -0.3 is 15.0 Å². The summed E-state index contributed by atoms with van der Waals surface area (Å²) >= 11 is 0. The molecule has 0 atom stereocenters. The van der Waals surface area contributed by atoms with Gasteiger partial charge in [-0.2, -0.15) is 0 Å². The lowest BCUT2D eigenvalue weighted by atomic mass is 10.1. The van der Waals surface area contributed by atoms with E-state index in [9.17, 15) is 9.59 Å². The van der Waals surface area contributed by atoms with Crippen LogP contribution in [0, 0.1) is 0 Å². The van der Waals surface area contributed by atoms with Crippen molar-refractivity contribution >= 4 is 17.9 Å². The number of hydrogen-bond donors (Lipinski definition) is 1. The first-order valence-corrected chi connectivity index (χ1v) is 8.26. The molecule has 5 nitrogen and oxygen atoms in total. The Morgan fingerprint density at radius 2 is 1.79 bits per heavy atom. The van der Waals surface area contributed by atoms with Crippen LogP contribution in [-0.2, 0) is 9.59 Å². The number of carbonyl (C=O) groups is 2. The Labute approximate surface area is 144 Å². The molecule has 0 aliphatic heterocycles. The standard InChI is InChI=1S/C19H28N2O3/c1-6-21(14-17(22)20-19(3,4)5)18(23)13-10-15-8-11-16(12-9-15)24-7-2/h8-13H,6-7,14H2,1-5H3,(H,20,22)/b13-10+. The van der Waals surface area contributed by atoms with Gasteiger partial charge in [0.2, 0.25) is 11.8 Å². The summed E-state index contributed by atoms with van der Waals surface area (Å²) in [6, 6.07) is 7.50. The van der Waals surface area contributed by atoms with E-state index in [1.807, 2.05) is 58.9 Å². The predicted octanol–water partition coefficient (Wildman–Crippen LogP) is 2.86. The lowest BCUT2D eigenvalue weighted by molar-refractivity contribution is -0.132. The van der Waals surface area contributed by atoms with Gasteiger partial charge in [0.05, 0.1) is 13.2 Å². The molecule has 0 unspecified atom stereocenters. The second kappa shape index (κ2) is 9.11. The van der Waals surface area contributed by atoms with E-state index in [4.69, 9.17) is 4.74 Å². The van der Waals surface area contributed by atoms with Gasteiger partial charge in [0.15, 0.2) is 0 Å². The van der Waals surface area contributed by atoms with Gasteiger partial charge in [-0.25, -0.2) is 0 Å². The molecule has 0 aromatic heterocycles. The van der Waals surface area contributed by atoms with Gasteiger partial charge in [-0.1, -0.05) is 12.1 Å². The quantitative estimate of drug-likeness (QED) is 0.781. The first-order valence-electron chi connectivity index (χ1n) is 8.26. The zero-order valence-electron chi connectivity index (χ0n) is 15.3. The van der Waals surface area contributed by atoms with Crippen LogP contribution in [0.15, 0.2) is 30.3 Å². The Balaban J connectivity index is 2.64. The zero-order valence-corrected chi connectivity index (χ0v) is 15.3. The minimum Gasteiger partial charge on any atom is -0.494 e. The maximum atomic E-state index is 12.3. The summed E-state index contributed by atoms with van der Waals surface area (Å²) in [6.07, 6.45) is 3.23. The summed E-state index contributed by atoms with van der Waals surface area (Å²) in [5, 5.41) is 2.86. The molecule has 1 N–H and O–H groups in total. The van der Waals surface area contributed by atoms with Crippen LogP contribution >= 0.6 is 0 Å². The number of amides is 2. The molecule has 0 saturated carbocycles. The average molecular weight is 332 g/mol. The van der Waals surface area contributed by atoms with Crippen molar-refractivity contribution < 1.29 is 14.3 Å². The molecule has 1 rings (SSSR count). The number of hydrogen-bond acceptors (Lipinski definition) is 3. The topological polar surface area (TPSA) is 58.6 Å². The monoisotopic (exact) mass is 332 g/mol. The Kier molecular flexibility index (Phi) is 7.49. The van der Waals surface area contributed by atoms with Gasteiger partial charge in [0.1, 0.15) is 5.75 Å². The van der Waals surface area contributed by atoms with Crippen molar-refractivity contribution in [3.63, 3.8) is 0 Å². The summed E-state index contributed by atoms with van der Waals surface area (Å²) in [7, 11) is 0. The Hall–Kier alpha value is -2.30. The van der Waals surface area contributed by atoms with Crippen molar-refractivity contribution in [3.8, 4) is 5.75 Å². The molecule has 0 fully saturated rings. The highest BCUT2D eigenvalue weighted by Gasteiger charge is 2.17. The Bertz CT molecular complexity index is 571. The van der Waals surface area contributed by atoms with Crippen LogP contribution in [0.25, 0.3) is 6.08 Å². The summed E-state index contributed by atoms with van der Waals surface area (Å²) in [5.41, 5.74) is 0.597. The maximum Gasteiger partial charge on any atom is 0.247 e. The van der Waals surface area contributed by atoms with Crippen LogP contribution in [0.2, 0.25) is 0 Å². The van der Waals surface area contributed by atoms with Gasteiger partial charge in [-0.05, 0) is 58.4 Å². The third-order valence-corrected chi connectivity index (χ3v) is 3.15. The molecule has 0 aliphatic rings. The maximum absolute atomic E-state index is 12.3. The number of ether oxygens (including phenoxy) is 1. The predicted molar refractivity (Wildman–Crippen MR) is 96.8 cm³/mol. The fourth-order valence-electron chi connectivity index (χ4n) is 2.09. The van der Waals surface area contributed by atoms with Gasteiger partial charge in [-0.15, -0.1) is 0 Å². The molecule has 2 amide bonds. The largest absolute Gasteiger partial charge is 0.494 e. The van der Waals surface area contributed by atoms with E-state index >= 15 is 0 Å². The second-order valence-electron chi connectivity index (χ2n) is 6.49. The number of benzene rings is 1. The smallest absolute Gasteiger partial charge is 0.247 e. The molecule has 0 radical (unpaired) electrons. The van der Waals surface area contributed by atoms with E-state index in [2.05, 4.69) is 5.32 Å². The van der Waals surface area contributed by atoms with Crippen molar-refractivity contribution in [2.75, 3.05) is 19.7 Å². The average Bonchev–Trinajstić information content (AvgIpc) is 2.50. The van der Waals surface area contributed by atoms with Gasteiger partial charge in [-0.3, -0.25) is 9.59 Å². The minimum absolute atomic E-state index is 0.0558. The fraction of sp³-hybridized carbons (Fsp3) is 0.474. The lowest BCUT2D eigenvalue weighted by Crippen LogP contribution is -2.47. The summed E-state index contributed by atoms with van der Waals surface area (Å²) < 4.78 is 5.38. The van der Waals surface area contributed by atoms with Crippen LogP contribution < -0.4 is 10.1 Å². The number of nitrogens with zero attached hydrogens (tertiary/aromatic N) is 1. The minimum atomic E-state index is -0.308. The number of nitrogens with one attached hydrogen (secondary N) is 1. The third kappa shape index (κ3) is 7.31. The number of carbonyl (C=O) groups excluding carboxylic acids is 2. The van der Waals surface area contributed by atoms with Crippen LogP contribution in [0.3, 0.4) is 0 Å². The normalized spacial score (nSPS) is 11.4. The zero-order chi connectivity index (χ0) is 18.2. The molecule has 5 heteroatoms. The SMILES string of the molecule is CCOc1ccc(/C=C/C(=O)N(CC)CC(=O)NC(C)(C)C)cc1. The van der Waals surface area contributed by atoms with E-state index < -0.39 is 0 Å². The van der Waals surface area contributed by atoms with Crippen LogP contribution in [-0.4, -0.2) is 41.9 Å². The van der Waals surface area contributed by atoms with E-state index in [0.29, 0.717) is 13.2 Å². The van der Waals surface area contributed by atoms with Gasteiger partial charge in [0.25, 0.3) is 0 Å². The molecule has 1 aromatic rings. The molecule has 0 bridgehead atoms. The number of rotatable bonds is 7. The van der Waals surface area contributed by atoms with Crippen molar-refractivity contribution in [3.05, 3.63) is 35.9 Å². The van der Waals surface area contributed by atoms with Crippen LogP contribution in [0.5, 0.6) is 5.75 Å². The van der Waals surface area contributed by atoms with E-state index in [-0.39, 0.29) is 23.9 Å². The summed E-state index contributed by atoms with van der Waals surface area (Å²) in [6.45, 7) is 10.7.